The maximum absolute atomic E-state index is 9.22. The summed E-state index contributed by atoms with van der Waals surface area (Å²) in [6, 6.07) is 35.4. The van der Waals surface area contributed by atoms with Gasteiger partial charge < -0.3 is 8.99 Å². The molecule has 0 saturated carbocycles. The van der Waals surface area contributed by atoms with Gasteiger partial charge in [-0.15, -0.1) is 0 Å². The SMILES string of the molecule is Cc1cc2ncc(C(O[SiH](c3ccccc3)c3ccccc3)C(C)(C)C)cc2n1-c1ccc(C#N)cc1. The second kappa shape index (κ2) is 10.2. The molecule has 5 aromatic rings. The van der Waals surface area contributed by atoms with Crippen molar-refractivity contribution in [3.05, 3.63) is 120 Å². The van der Waals surface area contributed by atoms with Crippen molar-refractivity contribution in [1.82, 2.24) is 9.55 Å². The third-order valence-corrected chi connectivity index (χ3v) is 9.20. The Balaban J connectivity index is 1.61. The summed E-state index contributed by atoms with van der Waals surface area (Å²) in [5, 5.41) is 11.7. The smallest absolute Gasteiger partial charge is 0.240 e. The number of rotatable bonds is 6. The number of nitrogens with zero attached hydrogens (tertiary/aromatic N) is 3. The molecule has 0 aliphatic rings. The Hall–Kier alpha value is -3.98. The molecule has 0 saturated heterocycles. The van der Waals surface area contributed by atoms with Crippen molar-refractivity contribution in [2.45, 2.75) is 33.8 Å². The van der Waals surface area contributed by atoms with Crippen molar-refractivity contribution in [2.75, 3.05) is 0 Å². The summed E-state index contributed by atoms with van der Waals surface area (Å²) in [7, 11) is -1.98. The van der Waals surface area contributed by atoms with E-state index in [4.69, 9.17) is 9.41 Å². The molecule has 5 heteroatoms. The van der Waals surface area contributed by atoms with Crippen LogP contribution in [0.2, 0.25) is 0 Å². The molecule has 0 amide bonds. The van der Waals surface area contributed by atoms with Crippen LogP contribution < -0.4 is 10.4 Å². The van der Waals surface area contributed by atoms with Gasteiger partial charge in [-0.25, -0.2) is 0 Å². The van der Waals surface area contributed by atoms with Crippen molar-refractivity contribution in [3.8, 4) is 11.8 Å². The number of hydrogen-bond acceptors (Lipinski definition) is 3. The first kappa shape index (κ1) is 24.7. The van der Waals surface area contributed by atoms with E-state index in [1.807, 2.05) is 30.5 Å². The Morgan fingerprint density at radius 2 is 1.46 bits per heavy atom. The Morgan fingerprint density at radius 1 is 0.865 bits per heavy atom. The lowest BCUT2D eigenvalue weighted by Crippen LogP contribution is -2.47. The van der Waals surface area contributed by atoms with Crippen LogP contribution in [0.3, 0.4) is 0 Å². The zero-order valence-corrected chi connectivity index (χ0v) is 22.9. The minimum atomic E-state index is -1.98. The first-order chi connectivity index (χ1) is 17.8. The van der Waals surface area contributed by atoms with E-state index in [1.54, 1.807) is 0 Å². The monoisotopic (exact) mass is 501 g/mol. The van der Waals surface area contributed by atoms with Crippen LogP contribution in [0.25, 0.3) is 16.7 Å². The molecular weight excluding hydrogens is 470 g/mol. The van der Waals surface area contributed by atoms with E-state index < -0.39 is 9.04 Å². The summed E-state index contributed by atoms with van der Waals surface area (Å²) in [5.74, 6) is 0. The Bertz CT molecular complexity index is 1510. The van der Waals surface area contributed by atoms with Crippen LogP contribution in [0.15, 0.2) is 103 Å². The largest absolute Gasteiger partial charge is 0.403 e. The lowest BCUT2D eigenvalue weighted by molar-refractivity contribution is 0.0895. The third-order valence-electron chi connectivity index (χ3n) is 6.68. The zero-order chi connectivity index (χ0) is 26.0. The fraction of sp³-hybridized carbons (Fsp3) is 0.188. The van der Waals surface area contributed by atoms with Crippen molar-refractivity contribution >= 4 is 30.4 Å². The van der Waals surface area contributed by atoms with Gasteiger partial charge in [0, 0.05) is 23.1 Å². The number of nitriles is 1. The lowest BCUT2D eigenvalue weighted by Gasteiger charge is -2.34. The molecule has 0 N–H and O–H groups in total. The molecule has 4 nitrogen and oxygen atoms in total. The topological polar surface area (TPSA) is 50.8 Å². The summed E-state index contributed by atoms with van der Waals surface area (Å²) in [5.41, 5.74) is 5.66. The molecule has 0 radical (unpaired) electrons. The van der Waals surface area contributed by atoms with Gasteiger partial charge in [0.2, 0.25) is 9.04 Å². The van der Waals surface area contributed by atoms with E-state index in [1.165, 1.54) is 10.4 Å². The van der Waals surface area contributed by atoms with Crippen LogP contribution >= 0.6 is 0 Å². The van der Waals surface area contributed by atoms with E-state index in [0.717, 1.165) is 28.0 Å². The predicted octanol–water partition coefficient (Wildman–Crippen LogP) is 5.85. The van der Waals surface area contributed by atoms with Crippen molar-refractivity contribution in [3.63, 3.8) is 0 Å². The molecule has 1 atom stereocenters. The molecule has 0 fully saturated rings. The van der Waals surface area contributed by atoms with E-state index in [2.05, 4.69) is 111 Å². The minimum absolute atomic E-state index is 0.147. The number of benzene rings is 3. The van der Waals surface area contributed by atoms with Crippen molar-refractivity contribution in [2.24, 2.45) is 5.41 Å². The van der Waals surface area contributed by atoms with E-state index in [-0.39, 0.29) is 11.5 Å². The minimum Gasteiger partial charge on any atom is -0.403 e. The predicted molar refractivity (Wildman–Crippen MR) is 153 cm³/mol. The highest BCUT2D eigenvalue weighted by Crippen LogP contribution is 2.38. The van der Waals surface area contributed by atoms with E-state index in [0.29, 0.717) is 5.56 Å². The highest BCUT2D eigenvalue weighted by atomic mass is 28.3. The number of aromatic nitrogens is 2. The summed E-state index contributed by atoms with van der Waals surface area (Å²) < 4.78 is 9.36. The molecule has 0 aliphatic heterocycles. The van der Waals surface area contributed by atoms with E-state index >= 15 is 0 Å². The average molecular weight is 502 g/mol. The summed E-state index contributed by atoms with van der Waals surface area (Å²) in [6.45, 7) is 8.78. The van der Waals surface area contributed by atoms with Crippen molar-refractivity contribution < 1.29 is 4.43 Å². The van der Waals surface area contributed by atoms with Gasteiger partial charge in [-0.2, -0.15) is 5.26 Å². The van der Waals surface area contributed by atoms with Crippen LogP contribution in [0.1, 0.15) is 43.7 Å². The Morgan fingerprint density at radius 3 is 2.00 bits per heavy atom. The average Bonchev–Trinajstić information content (AvgIpc) is 3.24. The second-order valence-electron chi connectivity index (χ2n) is 10.5. The van der Waals surface area contributed by atoms with Gasteiger partial charge in [0.15, 0.2) is 0 Å². The molecule has 3 aromatic carbocycles. The van der Waals surface area contributed by atoms with Gasteiger partial charge in [0.05, 0.1) is 28.8 Å². The summed E-state index contributed by atoms with van der Waals surface area (Å²) in [4.78, 5) is 4.87. The van der Waals surface area contributed by atoms with Gasteiger partial charge in [-0.05, 0) is 59.1 Å². The fourth-order valence-corrected chi connectivity index (χ4v) is 7.60. The molecule has 5 rings (SSSR count). The van der Waals surface area contributed by atoms with Gasteiger partial charge in [0.1, 0.15) is 0 Å². The Kier molecular flexibility index (Phi) is 6.79. The van der Waals surface area contributed by atoms with Crippen LogP contribution in [0, 0.1) is 23.7 Å². The summed E-state index contributed by atoms with van der Waals surface area (Å²) >= 11 is 0. The first-order valence-corrected chi connectivity index (χ1v) is 14.2. The molecule has 2 heterocycles. The molecule has 0 bridgehead atoms. The Labute approximate surface area is 220 Å². The highest BCUT2D eigenvalue weighted by molar-refractivity contribution is 6.80. The molecule has 37 heavy (non-hydrogen) atoms. The molecule has 1 unspecified atom stereocenters. The quantitative estimate of drug-likeness (QED) is 0.274. The molecule has 2 aromatic heterocycles. The lowest BCUT2D eigenvalue weighted by atomic mass is 9.85. The van der Waals surface area contributed by atoms with E-state index in [9.17, 15) is 5.26 Å². The van der Waals surface area contributed by atoms with Crippen LogP contribution in [0.5, 0.6) is 0 Å². The normalized spacial score (nSPS) is 12.5. The highest BCUT2D eigenvalue weighted by Gasteiger charge is 2.32. The molecular formula is C32H31N3OSi. The second-order valence-corrected chi connectivity index (χ2v) is 12.9. The van der Waals surface area contributed by atoms with Gasteiger partial charge in [-0.1, -0.05) is 81.4 Å². The number of pyridine rings is 1. The molecule has 0 spiro atoms. The maximum Gasteiger partial charge on any atom is 0.240 e. The molecule has 0 aliphatic carbocycles. The first-order valence-electron chi connectivity index (χ1n) is 12.6. The fourth-order valence-electron chi connectivity index (χ4n) is 4.92. The zero-order valence-electron chi connectivity index (χ0n) is 21.7. The standard InChI is InChI=1S/C32H31N3OSi/c1-23-19-29-30(35(23)26-17-15-24(21-33)16-18-26)20-25(22-34-29)31(32(2,3)4)36-37(27-11-7-5-8-12-27)28-13-9-6-10-14-28/h5-20,22,31,37H,1-4H3. The maximum atomic E-state index is 9.22. The third kappa shape index (κ3) is 5.13. The van der Waals surface area contributed by atoms with Gasteiger partial charge in [0.25, 0.3) is 0 Å². The summed E-state index contributed by atoms with van der Waals surface area (Å²) in [6.07, 6.45) is 1.83. The van der Waals surface area contributed by atoms with Crippen LogP contribution in [0.4, 0.5) is 0 Å². The number of fused-ring (bicyclic) bond motifs is 1. The van der Waals surface area contributed by atoms with Crippen LogP contribution in [-0.4, -0.2) is 18.6 Å². The van der Waals surface area contributed by atoms with Crippen LogP contribution in [-0.2, 0) is 4.43 Å². The van der Waals surface area contributed by atoms with Gasteiger partial charge >= 0.3 is 0 Å². The van der Waals surface area contributed by atoms with Gasteiger partial charge in [-0.3, -0.25) is 4.98 Å². The molecule has 184 valence electrons. The number of aryl methyl sites for hydroxylation is 1. The number of hydrogen-bond donors (Lipinski definition) is 0. The van der Waals surface area contributed by atoms with Crippen molar-refractivity contribution in [1.29, 1.82) is 5.26 Å².